The summed E-state index contributed by atoms with van der Waals surface area (Å²) >= 11 is 0. The number of hydrogen-bond donors (Lipinski definition) is 0. The molecule has 1 heterocycles. The van der Waals surface area contributed by atoms with Gasteiger partial charge < -0.3 is 9.15 Å². The van der Waals surface area contributed by atoms with Gasteiger partial charge in [0.1, 0.15) is 11.3 Å². The van der Waals surface area contributed by atoms with E-state index in [1.54, 1.807) is 0 Å². The molecule has 0 saturated carbocycles. The number of aryl methyl sites for hydroxylation is 1. The van der Waals surface area contributed by atoms with E-state index in [0.717, 1.165) is 61.0 Å². The summed E-state index contributed by atoms with van der Waals surface area (Å²) in [4.78, 5) is 15.0. The van der Waals surface area contributed by atoms with Crippen LogP contribution in [0.25, 0.3) is 11.0 Å². The molecule has 0 aliphatic carbocycles. The van der Waals surface area contributed by atoms with Crippen molar-refractivity contribution in [3.63, 3.8) is 0 Å². The van der Waals surface area contributed by atoms with Gasteiger partial charge in [-0.1, -0.05) is 26.7 Å². The molecule has 1 aromatic carbocycles. The van der Waals surface area contributed by atoms with Crippen LogP contribution in [0.15, 0.2) is 27.4 Å². The van der Waals surface area contributed by atoms with Gasteiger partial charge in [0.05, 0.1) is 12.2 Å². The van der Waals surface area contributed by atoms with Gasteiger partial charge in [0, 0.05) is 18.0 Å². The fraction of sp³-hybridized carbons (Fsp3) is 0.571. The Labute approximate surface area is 150 Å². The summed E-state index contributed by atoms with van der Waals surface area (Å²) in [5, 5.41) is 0.990. The van der Waals surface area contributed by atoms with Crippen LogP contribution in [0.4, 0.5) is 0 Å². The van der Waals surface area contributed by atoms with Crippen molar-refractivity contribution in [3.8, 4) is 5.75 Å². The highest BCUT2D eigenvalue weighted by Gasteiger charge is 2.15. The largest absolute Gasteiger partial charge is 0.494 e. The van der Waals surface area contributed by atoms with Gasteiger partial charge in [-0.2, -0.15) is 0 Å². The Hall–Kier alpha value is -1.81. The molecular formula is C21H31NO3. The Kier molecular flexibility index (Phi) is 7.51. The Balaban J connectivity index is 2.33. The van der Waals surface area contributed by atoms with E-state index in [2.05, 4.69) is 18.7 Å². The minimum absolute atomic E-state index is 0.225. The molecule has 4 heteroatoms. The topological polar surface area (TPSA) is 42.7 Å². The maximum absolute atomic E-state index is 12.6. The Morgan fingerprint density at radius 3 is 2.36 bits per heavy atom. The van der Waals surface area contributed by atoms with Gasteiger partial charge in [-0.3, -0.25) is 4.90 Å². The summed E-state index contributed by atoms with van der Waals surface area (Å²) in [6.45, 7) is 11.7. The quantitative estimate of drug-likeness (QED) is 0.574. The first kappa shape index (κ1) is 19.5. The van der Waals surface area contributed by atoms with Gasteiger partial charge >= 0.3 is 5.63 Å². The number of ether oxygens (including phenoxy) is 1. The van der Waals surface area contributed by atoms with Gasteiger partial charge in [-0.05, 0) is 57.5 Å². The fourth-order valence-electron chi connectivity index (χ4n) is 3.07. The highest BCUT2D eigenvalue weighted by Crippen LogP contribution is 2.25. The molecule has 0 saturated heterocycles. The molecule has 0 N–H and O–H groups in total. The van der Waals surface area contributed by atoms with Gasteiger partial charge in [0.2, 0.25) is 0 Å². The number of benzene rings is 1. The average Bonchev–Trinajstić information content (AvgIpc) is 2.60. The third kappa shape index (κ3) is 5.08. The predicted octanol–water partition coefficient (Wildman–Crippen LogP) is 4.90. The first-order chi connectivity index (χ1) is 12.1. The van der Waals surface area contributed by atoms with Crippen molar-refractivity contribution in [1.82, 2.24) is 4.90 Å². The number of hydrogen-bond acceptors (Lipinski definition) is 4. The number of fused-ring (bicyclic) bond motifs is 1. The Morgan fingerprint density at radius 1 is 1.08 bits per heavy atom. The lowest BCUT2D eigenvalue weighted by molar-refractivity contribution is 0.253. The molecule has 0 bridgehead atoms. The zero-order chi connectivity index (χ0) is 18.2. The second-order valence-corrected chi connectivity index (χ2v) is 6.57. The molecular weight excluding hydrogens is 314 g/mol. The lowest BCUT2D eigenvalue weighted by atomic mass is 10.0. The first-order valence-electron chi connectivity index (χ1n) is 9.52. The van der Waals surface area contributed by atoms with E-state index >= 15 is 0 Å². The molecule has 0 unspecified atom stereocenters. The first-order valence-corrected chi connectivity index (χ1v) is 9.52. The van der Waals surface area contributed by atoms with Crippen molar-refractivity contribution >= 4 is 11.0 Å². The normalized spacial score (nSPS) is 11.4. The van der Waals surface area contributed by atoms with Crippen molar-refractivity contribution in [2.45, 2.75) is 59.9 Å². The van der Waals surface area contributed by atoms with E-state index in [4.69, 9.17) is 9.15 Å². The molecule has 4 nitrogen and oxygen atoms in total. The molecule has 25 heavy (non-hydrogen) atoms. The highest BCUT2D eigenvalue weighted by molar-refractivity contribution is 5.82. The Bertz CT molecular complexity index is 728. The van der Waals surface area contributed by atoms with E-state index in [9.17, 15) is 4.79 Å². The van der Waals surface area contributed by atoms with Crippen LogP contribution in [-0.4, -0.2) is 24.6 Å². The molecule has 0 atom stereocenters. The summed E-state index contributed by atoms with van der Waals surface area (Å²) in [6, 6.07) is 5.74. The van der Waals surface area contributed by atoms with Crippen LogP contribution in [0.5, 0.6) is 5.75 Å². The zero-order valence-electron chi connectivity index (χ0n) is 16.1. The number of nitrogens with zero attached hydrogens (tertiary/aromatic N) is 1. The van der Waals surface area contributed by atoms with E-state index in [1.165, 1.54) is 0 Å². The van der Waals surface area contributed by atoms with Crippen molar-refractivity contribution in [2.24, 2.45) is 0 Å². The van der Waals surface area contributed by atoms with E-state index in [1.807, 2.05) is 32.0 Å². The summed E-state index contributed by atoms with van der Waals surface area (Å²) in [7, 11) is 0. The van der Waals surface area contributed by atoms with Crippen LogP contribution in [-0.2, 0) is 6.54 Å². The average molecular weight is 345 g/mol. The smallest absolute Gasteiger partial charge is 0.341 e. The predicted molar refractivity (Wildman–Crippen MR) is 103 cm³/mol. The van der Waals surface area contributed by atoms with Gasteiger partial charge in [-0.25, -0.2) is 4.79 Å². The van der Waals surface area contributed by atoms with Gasteiger partial charge in [-0.15, -0.1) is 0 Å². The summed E-state index contributed by atoms with van der Waals surface area (Å²) in [5.74, 6) is 0.734. The molecule has 0 aliphatic heterocycles. The molecule has 1 aromatic heterocycles. The second kappa shape index (κ2) is 9.62. The van der Waals surface area contributed by atoms with Crippen molar-refractivity contribution in [3.05, 3.63) is 39.7 Å². The fourth-order valence-corrected chi connectivity index (χ4v) is 3.07. The lowest BCUT2D eigenvalue weighted by Crippen LogP contribution is -2.29. The standard InChI is InChI=1S/C21H31NO3/c1-5-8-12-22(13-9-6-2)15-19-16(4)18-11-10-17(24-7-3)14-20(18)25-21(19)23/h10-11,14H,5-9,12-13,15H2,1-4H3. The molecule has 2 aromatic rings. The summed E-state index contributed by atoms with van der Waals surface area (Å²) in [6.07, 6.45) is 4.63. The minimum Gasteiger partial charge on any atom is -0.494 e. The summed E-state index contributed by atoms with van der Waals surface area (Å²) < 4.78 is 11.1. The maximum atomic E-state index is 12.6. The Morgan fingerprint density at radius 2 is 1.76 bits per heavy atom. The molecule has 138 valence electrons. The van der Waals surface area contributed by atoms with Crippen LogP contribution < -0.4 is 10.4 Å². The van der Waals surface area contributed by atoms with Crippen LogP contribution >= 0.6 is 0 Å². The van der Waals surface area contributed by atoms with E-state index in [-0.39, 0.29) is 5.63 Å². The number of rotatable bonds is 10. The SMILES string of the molecule is CCCCN(CCCC)Cc1c(C)c2ccc(OCC)cc2oc1=O. The summed E-state index contributed by atoms with van der Waals surface area (Å²) in [5.41, 5.74) is 2.18. The second-order valence-electron chi connectivity index (χ2n) is 6.57. The molecule has 0 radical (unpaired) electrons. The van der Waals surface area contributed by atoms with Crippen molar-refractivity contribution < 1.29 is 9.15 Å². The minimum atomic E-state index is -0.225. The van der Waals surface area contributed by atoms with E-state index in [0.29, 0.717) is 18.7 Å². The molecule has 0 fully saturated rings. The molecule has 2 rings (SSSR count). The maximum Gasteiger partial charge on any atom is 0.341 e. The van der Waals surface area contributed by atoms with Gasteiger partial charge in [0.25, 0.3) is 0 Å². The van der Waals surface area contributed by atoms with Crippen molar-refractivity contribution in [2.75, 3.05) is 19.7 Å². The van der Waals surface area contributed by atoms with Crippen LogP contribution in [0.1, 0.15) is 57.6 Å². The highest BCUT2D eigenvalue weighted by atomic mass is 16.5. The molecule has 0 aliphatic rings. The third-order valence-electron chi connectivity index (χ3n) is 4.61. The third-order valence-corrected chi connectivity index (χ3v) is 4.61. The van der Waals surface area contributed by atoms with E-state index < -0.39 is 0 Å². The zero-order valence-corrected chi connectivity index (χ0v) is 16.1. The number of unbranched alkanes of at least 4 members (excludes halogenated alkanes) is 2. The van der Waals surface area contributed by atoms with Crippen LogP contribution in [0.2, 0.25) is 0 Å². The van der Waals surface area contributed by atoms with Gasteiger partial charge in [0.15, 0.2) is 0 Å². The van der Waals surface area contributed by atoms with Crippen molar-refractivity contribution in [1.29, 1.82) is 0 Å². The van der Waals surface area contributed by atoms with Crippen LogP contribution in [0.3, 0.4) is 0 Å². The molecule has 0 amide bonds. The monoisotopic (exact) mass is 345 g/mol. The lowest BCUT2D eigenvalue weighted by Gasteiger charge is -2.22. The molecule has 0 spiro atoms. The van der Waals surface area contributed by atoms with Crippen LogP contribution in [0, 0.1) is 6.92 Å².